The smallest absolute Gasteiger partial charge is 0.305 e. The number of aryl methyl sites for hydroxylation is 1. The molecule has 0 saturated heterocycles. The molecule has 1 aliphatic heterocycles. The zero-order valence-corrected chi connectivity index (χ0v) is 22.5. The number of halogens is 1. The lowest BCUT2D eigenvalue weighted by atomic mass is 9.89. The summed E-state index contributed by atoms with van der Waals surface area (Å²) < 4.78 is 25.6. The Labute approximate surface area is 227 Å². The number of rotatable bonds is 7. The molecule has 4 aromatic rings. The van der Waals surface area contributed by atoms with Gasteiger partial charge in [-0.2, -0.15) is 4.98 Å². The monoisotopic (exact) mass is 526 g/mol. The number of anilines is 3. The Balaban J connectivity index is 1.52. The Morgan fingerprint density at radius 2 is 1.79 bits per heavy atom. The van der Waals surface area contributed by atoms with Crippen LogP contribution < -0.4 is 15.0 Å². The average Bonchev–Trinajstić information content (AvgIpc) is 2.91. The third-order valence-corrected chi connectivity index (χ3v) is 7.01. The van der Waals surface area contributed by atoms with Crippen molar-refractivity contribution in [3.8, 4) is 5.75 Å². The lowest BCUT2D eigenvalue weighted by Crippen LogP contribution is -2.52. The maximum absolute atomic E-state index is 13.4. The molecule has 3 aromatic carbocycles. The Morgan fingerprint density at radius 3 is 2.51 bits per heavy atom. The molecule has 0 bridgehead atoms. The zero-order valence-electron chi connectivity index (χ0n) is 22.5. The molecule has 0 saturated carbocycles. The van der Waals surface area contributed by atoms with E-state index in [1.54, 1.807) is 12.1 Å². The Kier molecular flexibility index (Phi) is 7.19. The summed E-state index contributed by atoms with van der Waals surface area (Å²) in [4.78, 5) is 23.9. The third kappa shape index (κ3) is 5.55. The Morgan fingerprint density at radius 1 is 1.05 bits per heavy atom. The first-order chi connectivity index (χ1) is 18.7. The predicted octanol–water partition coefficient (Wildman–Crippen LogP) is 6.35. The van der Waals surface area contributed by atoms with Crippen LogP contribution in [-0.4, -0.2) is 22.5 Å². The van der Waals surface area contributed by atoms with Crippen molar-refractivity contribution in [3.63, 3.8) is 0 Å². The molecule has 0 aliphatic carbocycles. The normalized spacial score (nSPS) is 16.4. The highest BCUT2D eigenvalue weighted by Crippen LogP contribution is 2.42. The minimum Gasteiger partial charge on any atom is -0.489 e. The molecule has 5 rings (SSSR count). The number of ether oxygens (including phenoxy) is 2. The van der Waals surface area contributed by atoms with Crippen LogP contribution in [0.25, 0.3) is 0 Å². The number of carbonyl (C=O) groups is 1. The predicted molar refractivity (Wildman–Crippen MR) is 149 cm³/mol. The van der Waals surface area contributed by atoms with Gasteiger partial charge in [0.1, 0.15) is 24.0 Å². The molecule has 8 heteroatoms. The van der Waals surface area contributed by atoms with Crippen LogP contribution in [0.4, 0.5) is 21.8 Å². The summed E-state index contributed by atoms with van der Waals surface area (Å²) in [5.41, 5.74) is 4.17. The van der Waals surface area contributed by atoms with E-state index in [9.17, 15) is 9.18 Å². The fraction of sp³-hybridized carbons (Fsp3) is 0.258. The molecule has 0 amide bonds. The van der Waals surface area contributed by atoms with E-state index in [1.807, 2.05) is 74.2 Å². The van der Waals surface area contributed by atoms with Gasteiger partial charge in [-0.15, -0.1) is 0 Å². The van der Waals surface area contributed by atoms with Gasteiger partial charge in [0.05, 0.1) is 0 Å². The van der Waals surface area contributed by atoms with E-state index < -0.39 is 11.7 Å². The second-order valence-corrected chi connectivity index (χ2v) is 9.78. The van der Waals surface area contributed by atoms with E-state index in [0.717, 1.165) is 34.4 Å². The zero-order chi connectivity index (χ0) is 27.6. The molecule has 7 nitrogen and oxygen atoms in total. The van der Waals surface area contributed by atoms with Gasteiger partial charge < -0.3 is 19.7 Å². The first kappa shape index (κ1) is 26.2. The number of fused-ring (bicyclic) bond motifs is 1. The number of esters is 1. The highest BCUT2D eigenvalue weighted by molar-refractivity contribution is 5.69. The van der Waals surface area contributed by atoms with Gasteiger partial charge in [0.25, 0.3) is 0 Å². The number of nitrogens with zero attached hydrogens (tertiary/aromatic N) is 3. The molecule has 2 heterocycles. The molecule has 200 valence electrons. The summed E-state index contributed by atoms with van der Waals surface area (Å²) in [7, 11) is 0. The Hall–Kier alpha value is -4.46. The van der Waals surface area contributed by atoms with E-state index in [-0.39, 0.29) is 5.82 Å². The van der Waals surface area contributed by atoms with E-state index in [0.29, 0.717) is 36.4 Å². The molecule has 0 radical (unpaired) electrons. The topological polar surface area (TPSA) is 76.6 Å². The van der Waals surface area contributed by atoms with Gasteiger partial charge in [0.2, 0.25) is 11.7 Å². The van der Waals surface area contributed by atoms with Gasteiger partial charge in [0, 0.05) is 36.0 Å². The van der Waals surface area contributed by atoms with Crippen molar-refractivity contribution >= 4 is 23.4 Å². The average molecular weight is 527 g/mol. The van der Waals surface area contributed by atoms with Gasteiger partial charge in [0.15, 0.2) is 0 Å². The van der Waals surface area contributed by atoms with Gasteiger partial charge in [-0.05, 0) is 74.7 Å². The van der Waals surface area contributed by atoms with Crippen LogP contribution in [-0.2, 0) is 28.3 Å². The molecule has 1 atom stereocenters. The molecule has 0 fully saturated rings. The summed E-state index contributed by atoms with van der Waals surface area (Å²) in [6.45, 7) is 8.16. The second kappa shape index (κ2) is 10.7. The van der Waals surface area contributed by atoms with Crippen molar-refractivity contribution < 1.29 is 18.7 Å². The minimum absolute atomic E-state index is 0.321. The summed E-state index contributed by atoms with van der Waals surface area (Å²) in [5, 5.41) is 3.16. The Bertz CT molecular complexity index is 1490. The molecule has 1 unspecified atom stereocenters. The number of aromatic nitrogens is 2. The van der Waals surface area contributed by atoms with Gasteiger partial charge in [-0.3, -0.25) is 4.79 Å². The SMILES string of the molecule is CC(=O)OC1(C)c2cc(OCc3ccccc3)ccc2CCN1c1nc(Nc2ccc(F)cc2)nc(C)c1C. The molecule has 0 spiro atoms. The van der Waals surface area contributed by atoms with Crippen LogP contribution in [0.1, 0.15) is 41.8 Å². The summed E-state index contributed by atoms with van der Waals surface area (Å²) >= 11 is 0. The van der Waals surface area contributed by atoms with Crippen LogP contribution in [0.5, 0.6) is 5.75 Å². The van der Waals surface area contributed by atoms with Crippen molar-refractivity contribution in [2.24, 2.45) is 0 Å². The highest BCUT2D eigenvalue weighted by Gasteiger charge is 2.43. The number of nitrogens with one attached hydrogen (secondary N) is 1. The fourth-order valence-corrected chi connectivity index (χ4v) is 4.92. The first-order valence-electron chi connectivity index (χ1n) is 12.9. The molecular weight excluding hydrogens is 495 g/mol. The molecule has 1 N–H and O–H groups in total. The van der Waals surface area contributed by atoms with E-state index in [2.05, 4.69) is 10.3 Å². The fourth-order valence-electron chi connectivity index (χ4n) is 4.92. The van der Waals surface area contributed by atoms with Crippen molar-refractivity contribution in [2.45, 2.75) is 46.4 Å². The summed E-state index contributed by atoms with van der Waals surface area (Å²) in [5.74, 6) is 0.984. The number of hydrogen-bond donors (Lipinski definition) is 1. The van der Waals surface area contributed by atoms with E-state index in [4.69, 9.17) is 14.5 Å². The lowest BCUT2D eigenvalue weighted by Gasteiger charge is -2.46. The van der Waals surface area contributed by atoms with Crippen molar-refractivity contribution in [1.82, 2.24) is 9.97 Å². The van der Waals surface area contributed by atoms with Crippen LogP contribution in [0, 0.1) is 19.7 Å². The standard InChI is InChI=1S/C31H31FN4O3/c1-20-21(2)33-30(34-26-13-11-25(32)12-14-26)35-29(20)36-17-16-24-10-15-27(38-19-23-8-6-5-7-9-23)18-28(24)31(36,4)39-22(3)37/h5-15,18H,16-17,19H2,1-4H3,(H,33,34,35). The molecule has 39 heavy (non-hydrogen) atoms. The molecule has 1 aliphatic rings. The van der Waals surface area contributed by atoms with Crippen LogP contribution in [0.3, 0.4) is 0 Å². The van der Waals surface area contributed by atoms with Crippen LogP contribution in [0.15, 0.2) is 72.8 Å². The lowest BCUT2D eigenvalue weighted by molar-refractivity contribution is -0.157. The highest BCUT2D eigenvalue weighted by atomic mass is 19.1. The van der Waals surface area contributed by atoms with Crippen LogP contribution >= 0.6 is 0 Å². The molecule has 1 aromatic heterocycles. The third-order valence-electron chi connectivity index (χ3n) is 7.01. The van der Waals surface area contributed by atoms with Crippen LogP contribution in [0.2, 0.25) is 0 Å². The van der Waals surface area contributed by atoms with Crippen molar-refractivity contribution in [1.29, 1.82) is 0 Å². The molecular formula is C31H31FN4O3. The van der Waals surface area contributed by atoms with Gasteiger partial charge in [-0.25, -0.2) is 9.37 Å². The maximum atomic E-state index is 13.4. The van der Waals surface area contributed by atoms with Crippen molar-refractivity contribution in [2.75, 3.05) is 16.8 Å². The maximum Gasteiger partial charge on any atom is 0.305 e. The quantitative estimate of drug-likeness (QED) is 0.281. The summed E-state index contributed by atoms with van der Waals surface area (Å²) in [6, 6.07) is 21.9. The second-order valence-electron chi connectivity index (χ2n) is 9.78. The minimum atomic E-state index is -1.13. The van der Waals surface area contributed by atoms with Gasteiger partial charge in [-0.1, -0.05) is 36.4 Å². The van der Waals surface area contributed by atoms with Crippen molar-refractivity contribution in [3.05, 3.63) is 107 Å². The van der Waals surface area contributed by atoms with E-state index >= 15 is 0 Å². The summed E-state index contributed by atoms with van der Waals surface area (Å²) in [6.07, 6.45) is 0.731. The van der Waals surface area contributed by atoms with Gasteiger partial charge >= 0.3 is 5.97 Å². The number of carbonyl (C=O) groups excluding carboxylic acids is 1. The van der Waals surface area contributed by atoms with E-state index in [1.165, 1.54) is 19.1 Å². The number of benzene rings is 3. The largest absolute Gasteiger partial charge is 0.489 e. The first-order valence-corrected chi connectivity index (χ1v) is 12.9. The number of hydrogen-bond acceptors (Lipinski definition) is 7.